The number of nitrogens with zero attached hydrogens (tertiary/aromatic N) is 2. The minimum Gasteiger partial charge on any atom is -0.443 e. The summed E-state index contributed by atoms with van der Waals surface area (Å²) in [6.45, 7) is 6.72. The number of nitrogens with one attached hydrogen (secondary N) is 1. The van der Waals surface area contributed by atoms with Crippen LogP contribution in [0.1, 0.15) is 33.4 Å². The standard InChI is InChI=1S/C12H17N3O3/c1-9(16)14-13-8-10-6-5-7-15(10)11(17)18-12(2,3)4/h5-8H,1-4H3,(H,14,16)/b13-8+. The Labute approximate surface area is 106 Å². The summed E-state index contributed by atoms with van der Waals surface area (Å²) >= 11 is 0. The van der Waals surface area contributed by atoms with Crippen LogP contribution in [0.2, 0.25) is 0 Å². The lowest BCUT2D eigenvalue weighted by Gasteiger charge is -2.19. The molecule has 0 radical (unpaired) electrons. The molecule has 6 heteroatoms. The molecule has 0 fully saturated rings. The molecule has 1 rings (SSSR count). The van der Waals surface area contributed by atoms with E-state index < -0.39 is 11.7 Å². The molecule has 0 saturated carbocycles. The molecular formula is C12H17N3O3. The SMILES string of the molecule is CC(=O)N/N=C/c1cccn1C(=O)OC(C)(C)C. The van der Waals surface area contributed by atoms with Crippen molar-refractivity contribution in [1.82, 2.24) is 9.99 Å². The molecule has 1 amide bonds. The van der Waals surface area contributed by atoms with E-state index in [0.717, 1.165) is 0 Å². The minimum atomic E-state index is -0.562. The van der Waals surface area contributed by atoms with E-state index in [1.165, 1.54) is 17.7 Å². The van der Waals surface area contributed by atoms with Gasteiger partial charge in [0.15, 0.2) is 0 Å². The third-order valence-corrected chi connectivity index (χ3v) is 1.79. The molecular weight excluding hydrogens is 234 g/mol. The quantitative estimate of drug-likeness (QED) is 0.642. The highest BCUT2D eigenvalue weighted by Gasteiger charge is 2.18. The van der Waals surface area contributed by atoms with Crippen LogP contribution in [0.4, 0.5) is 4.79 Å². The van der Waals surface area contributed by atoms with E-state index in [9.17, 15) is 9.59 Å². The lowest BCUT2D eigenvalue weighted by molar-refractivity contribution is -0.118. The summed E-state index contributed by atoms with van der Waals surface area (Å²) < 4.78 is 6.54. The van der Waals surface area contributed by atoms with Crippen molar-refractivity contribution in [2.75, 3.05) is 0 Å². The Balaban J connectivity index is 2.79. The van der Waals surface area contributed by atoms with Gasteiger partial charge < -0.3 is 4.74 Å². The third-order valence-electron chi connectivity index (χ3n) is 1.79. The molecule has 0 spiro atoms. The Morgan fingerprint density at radius 3 is 2.67 bits per heavy atom. The average molecular weight is 251 g/mol. The van der Waals surface area contributed by atoms with Gasteiger partial charge in [-0.05, 0) is 32.9 Å². The highest BCUT2D eigenvalue weighted by molar-refractivity contribution is 5.85. The fraction of sp³-hybridized carbons (Fsp3) is 0.417. The van der Waals surface area contributed by atoms with Crippen LogP contribution < -0.4 is 5.43 Å². The molecule has 0 aliphatic rings. The van der Waals surface area contributed by atoms with Gasteiger partial charge in [-0.25, -0.2) is 10.2 Å². The van der Waals surface area contributed by atoms with Crippen LogP contribution in [0.25, 0.3) is 0 Å². The zero-order valence-corrected chi connectivity index (χ0v) is 10.9. The average Bonchev–Trinajstić information content (AvgIpc) is 2.62. The number of ether oxygens (including phenoxy) is 1. The van der Waals surface area contributed by atoms with Gasteiger partial charge in [0, 0.05) is 13.1 Å². The van der Waals surface area contributed by atoms with Crippen LogP contribution in [0.5, 0.6) is 0 Å². The third kappa shape index (κ3) is 4.40. The van der Waals surface area contributed by atoms with Gasteiger partial charge in [0.05, 0.1) is 11.9 Å². The van der Waals surface area contributed by atoms with Gasteiger partial charge in [-0.1, -0.05) is 0 Å². The van der Waals surface area contributed by atoms with Gasteiger partial charge in [0.25, 0.3) is 0 Å². The zero-order chi connectivity index (χ0) is 13.8. The van der Waals surface area contributed by atoms with Crippen molar-refractivity contribution in [3.05, 3.63) is 24.0 Å². The number of rotatable bonds is 2. The molecule has 1 aromatic rings. The highest BCUT2D eigenvalue weighted by Crippen LogP contribution is 2.10. The van der Waals surface area contributed by atoms with Gasteiger partial charge in [0.1, 0.15) is 5.60 Å². The van der Waals surface area contributed by atoms with E-state index in [2.05, 4.69) is 10.5 Å². The number of hydrazone groups is 1. The summed E-state index contributed by atoms with van der Waals surface area (Å²) in [5, 5.41) is 3.70. The zero-order valence-electron chi connectivity index (χ0n) is 10.9. The Morgan fingerprint density at radius 2 is 2.11 bits per heavy atom. The van der Waals surface area contributed by atoms with Crippen LogP contribution >= 0.6 is 0 Å². The van der Waals surface area contributed by atoms with E-state index in [1.54, 1.807) is 39.1 Å². The number of carbonyl (C=O) groups is 2. The lowest BCUT2D eigenvalue weighted by Crippen LogP contribution is -2.27. The smallest absolute Gasteiger partial charge is 0.419 e. The van der Waals surface area contributed by atoms with Crippen molar-refractivity contribution in [3.63, 3.8) is 0 Å². The predicted octanol–water partition coefficient (Wildman–Crippen LogP) is 1.74. The maximum absolute atomic E-state index is 11.8. The van der Waals surface area contributed by atoms with Crippen LogP contribution in [-0.4, -0.2) is 28.4 Å². The maximum Gasteiger partial charge on any atom is 0.419 e. The van der Waals surface area contributed by atoms with Gasteiger partial charge in [-0.3, -0.25) is 9.36 Å². The van der Waals surface area contributed by atoms with Crippen LogP contribution in [0.3, 0.4) is 0 Å². The van der Waals surface area contributed by atoms with E-state index in [-0.39, 0.29) is 5.91 Å². The first-order chi connectivity index (χ1) is 8.29. The molecule has 0 saturated heterocycles. The summed E-state index contributed by atoms with van der Waals surface area (Å²) in [5.74, 6) is -0.276. The minimum absolute atomic E-state index is 0.276. The summed E-state index contributed by atoms with van der Waals surface area (Å²) in [4.78, 5) is 22.5. The maximum atomic E-state index is 11.8. The molecule has 0 aliphatic carbocycles. The highest BCUT2D eigenvalue weighted by atomic mass is 16.6. The Hall–Kier alpha value is -2.11. The van der Waals surface area contributed by atoms with Crippen molar-refractivity contribution in [3.8, 4) is 0 Å². The number of hydrogen-bond donors (Lipinski definition) is 1. The van der Waals surface area contributed by atoms with Crippen molar-refractivity contribution >= 4 is 18.2 Å². The Kier molecular flexibility index (Phi) is 4.25. The lowest BCUT2D eigenvalue weighted by atomic mass is 10.2. The van der Waals surface area contributed by atoms with Gasteiger partial charge in [0.2, 0.25) is 5.91 Å². The van der Waals surface area contributed by atoms with E-state index in [0.29, 0.717) is 5.69 Å². The predicted molar refractivity (Wildman–Crippen MR) is 67.5 cm³/mol. The van der Waals surface area contributed by atoms with Gasteiger partial charge >= 0.3 is 6.09 Å². The molecule has 1 aromatic heterocycles. The van der Waals surface area contributed by atoms with E-state index in [4.69, 9.17) is 4.74 Å². The molecule has 1 N–H and O–H groups in total. The summed E-state index contributed by atoms with van der Waals surface area (Å²) in [6, 6.07) is 3.38. The number of aromatic nitrogens is 1. The number of amides is 1. The van der Waals surface area contributed by atoms with Crippen LogP contribution in [0.15, 0.2) is 23.4 Å². The molecule has 0 unspecified atom stereocenters. The second-order valence-corrected chi connectivity index (χ2v) is 4.71. The summed E-state index contributed by atoms with van der Waals surface area (Å²) in [7, 11) is 0. The Morgan fingerprint density at radius 1 is 1.44 bits per heavy atom. The first kappa shape index (κ1) is 14.0. The molecule has 0 aliphatic heterocycles. The van der Waals surface area contributed by atoms with Crippen LogP contribution in [-0.2, 0) is 9.53 Å². The number of carbonyl (C=O) groups excluding carboxylic acids is 2. The molecule has 0 bridgehead atoms. The van der Waals surface area contributed by atoms with E-state index in [1.807, 2.05) is 0 Å². The van der Waals surface area contributed by atoms with Gasteiger partial charge in [-0.15, -0.1) is 0 Å². The second-order valence-electron chi connectivity index (χ2n) is 4.71. The summed E-state index contributed by atoms with van der Waals surface area (Å²) in [5.41, 5.74) is 2.23. The molecule has 1 heterocycles. The normalized spacial score (nSPS) is 11.6. The largest absolute Gasteiger partial charge is 0.443 e. The fourth-order valence-electron chi connectivity index (χ4n) is 1.17. The van der Waals surface area contributed by atoms with Gasteiger partial charge in [-0.2, -0.15) is 5.10 Å². The van der Waals surface area contributed by atoms with Crippen molar-refractivity contribution < 1.29 is 14.3 Å². The molecule has 0 atom stereocenters. The van der Waals surface area contributed by atoms with Crippen molar-refractivity contribution in [1.29, 1.82) is 0 Å². The van der Waals surface area contributed by atoms with Crippen molar-refractivity contribution in [2.24, 2.45) is 5.10 Å². The van der Waals surface area contributed by atoms with Crippen LogP contribution in [0, 0.1) is 0 Å². The first-order valence-corrected chi connectivity index (χ1v) is 5.50. The molecule has 0 aromatic carbocycles. The Bertz CT molecular complexity index is 469. The van der Waals surface area contributed by atoms with Crippen molar-refractivity contribution in [2.45, 2.75) is 33.3 Å². The second kappa shape index (κ2) is 5.48. The monoisotopic (exact) mass is 251 g/mol. The number of hydrogen-bond acceptors (Lipinski definition) is 4. The molecule has 18 heavy (non-hydrogen) atoms. The van der Waals surface area contributed by atoms with E-state index >= 15 is 0 Å². The molecule has 98 valence electrons. The topological polar surface area (TPSA) is 72.7 Å². The summed E-state index contributed by atoms with van der Waals surface area (Å²) in [6.07, 6.45) is 2.46. The first-order valence-electron chi connectivity index (χ1n) is 5.50. The molecule has 6 nitrogen and oxygen atoms in total. The fourth-order valence-corrected chi connectivity index (χ4v) is 1.17.